The highest BCUT2D eigenvalue weighted by Crippen LogP contribution is 2.17. The topological polar surface area (TPSA) is 88.4 Å². The first kappa shape index (κ1) is 18.5. The van der Waals surface area contributed by atoms with Gasteiger partial charge in [-0.25, -0.2) is 8.42 Å². The van der Waals surface area contributed by atoms with E-state index in [-0.39, 0.29) is 17.4 Å². The number of amides is 1. The van der Waals surface area contributed by atoms with Crippen molar-refractivity contribution in [2.75, 3.05) is 0 Å². The van der Waals surface area contributed by atoms with Crippen LogP contribution in [0, 0.1) is 5.92 Å². The van der Waals surface area contributed by atoms with Gasteiger partial charge in [0.15, 0.2) is 0 Å². The van der Waals surface area contributed by atoms with Crippen molar-refractivity contribution >= 4 is 27.5 Å². The standard InChI is InChI=1S/C16H19ClN2O4S/c1-11(2)15(16(20)18-10-13-6-4-8-23-13)19-24(21,22)14-7-3-5-12(17)9-14/h3-9,11,15,19H,10H2,1-2H3,(H,18,20). The summed E-state index contributed by atoms with van der Waals surface area (Å²) in [5.41, 5.74) is 0. The van der Waals surface area contributed by atoms with E-state index in [0.29, 0.717) is 10.8 Å². The maximum Gasteiger partial charge on any atom is 0.241 e. The third-order valence-corrected chi connectivity index (χ3v) is 5.03. The van der Waals surface area contributed by atoms with Crippen LogP contribution in [0.25, 0.3) is 0 Å². The van der Waals surface area contributed by atoms with Crippen LogP contribution in [0.15, 0.2) is 52.0 Å². The quantitative estimate of drug-likeness (QED) is 0.783. The average Bonchev–Trinajstić information content (AvgIpc) is 3.03. The van der Waals surface area contributed by atoms with Crippen molar-refractivity contribution in [3.8, 4) is 0 Å². The minimum absolute atomic E-state index is 0.0134. The highest BCUT2D eigenvalue weighted by Gasteiger charge is 2.28. The van der Waals surface area contributed by atoms with E-state index in [4.69, 9.17) is 16.0 Å². The lowest BCUT2D eigenvalue weighted by Crippen LogP contribution is -2.49. The summed E-state index contributed by atoms with van der Waals surface area (Å²) >= 11 is 5.84. The summed E-state index contributed by atoms with van der Waals surface area (Å²) in [4.78, 5) is 12.4. The molecule has 6 nitrogen and oxygen atoms in total. The number of carbonyl (C=O) groups is 1. The Balaban J connectivity index is 2.11. The summed E-state index contributed by atoms with van der Waals surface area (Å²) in [6, 6.07) is 8.40. The monoisotopic (exact) mass is 370 g/mol. The van der Waals surface area contributed by atoms with Crippen LogP contribution in [0.2, 0.25) is 5.02 Å². The fourth-order valence-electron chi connectivity index (χ4n) is 2.06. The lowest BCUT2D eigenvalue weighted by molar-refractivity contribution is -0.123. The number of rotatable bonds is 7. The van der Waals surface area contributed by atoms with Crippen LogP contribution in [0.5, 0.6) is 0 Å². The normalized spacial score (nSPS) is 13.0. The van der Waals surface area contributed by atoms with E-state index in [9.17, 15) is 13.2 Å². The minimum Gasteiger partial charge on any atom is -0.467 e. The molecular formula is C16H19ClN2O4S. The second-order valence-corrected chi connectivity index (χ2v) is 7.75. The van der Waals surface area contributed by atoms with Gasteiger partial charge in [-0.2, -0.15) is 4.72 Å². The first-order valence-electron chi connectivity index (χ1n) is 7.37. The van der Waals surface area contributed by atoms with Gasteiger partial charge in [-0.1, -0.05) is 31.5 Å². The molecular weight excluding hydrogens is 352 g/mol. The number of hydrogen-bond donors (Lipinski definition) is 2. The maximum atomic E-state index is 12.5. The van der Waals surface area contributed by atoms with E-state index in [2.05, 4.69) is 10.0 Å². The van der Waals surface area contributed by atoms with Crippen LogP contribution in [0.1, 0.15) is 19.6 Å². The Kier molecular flexibility index (Phi) is 6.04. The predicted molar refractivity (Wildman–Crippen MR) is 91.0 cm³/mol. The van der Waals surface area contributed by atoms with E-state index >= 15 is 0 Å². The van der Waals surface area contributed by atoms with Gasteiger partial charge < -0.3 is 9.73 Å². The fourth-order valence-corrected chi connectivity index (χ4v) is 3.70. The Morgan fingerprint density at radius 3 is 2.58 bits per heavy atom. The first-order chi connectivity index (χ1) is 11.3. The van der Waals surface area contributed by atoms with Crippen molar-refractivity contribution in [2.45, 2.75) is 31.3 Å². The number of benzene rings is 1. The molecule has 0 aliphatic rings. The Hall–Kier alpha value is -1.83. The molecule has 1 aromatic carbocycles. The highest BCUT2D eigenvalue weighted by atomic mass is 35.5. The van der Waals surface area contributed by atoms with Crippen LogP contribution in [-0.4, -0.2) is 20.4 Å². The fraction of sp³-hybridized carbons (Fsp3) is 0.312. The van der Waals surface area contributed by atoms with Crippen molar-refractivity contribution < 1.29 is 17.6 Å². The molecule has 0 saturated carbocycles. The molecule has 0 radical (unpaired) electrons. The van der Waals surface area contributed by atoms with Crippen LogP contribution in [0.4, 0.5) is 0 Å². The molecule has 0 bridgehead atoms. The average molecular weight is 371 g/mol. The maximum absolute atomic E-state index is 12.5. The molecule has 1 atom stereocenters. The lowest BCUT2D eigenvalue weighted by Gasteiger charge is -2.21. The SMILES string of the molecule is CC(C)C(NS(=O)(=O)c1cccc(Cl)c1)C(=O)NCc1ccco1. The molecule has 1 amide bonds. The number of furan rings is 1. The zero-order chi connectivity index (χ0) is 17.7. The minimum atomic E-state index is -3.86. The molecule has 8 heteroatoms. The Labute approximate surface area is 146 Å². The molecule has 0 saturated heterocycles. The zero-order valence-corrected chi connectivity index (χ0v) is 14.9. The van der Waals surface area contributed by atoms with Crippen LogP contribution >= 0.6 is 11.6 Å². The highest BCUT2D eigenvalue weighted by molar-refractivity contribution is 7.89. The molecule has 0 aliphatic heterocycles. The van der Waals surface area contributed by atoms with Gasteiger partial charge in [0.05, 0.1) is 17.7 Å². The molecule has 2 N–H and O–H groups in total. The molecule has 1 aromatic heterocycles. The molecule has 0 aliphatic carbocycles. The second kappa shape index (κ2) is 7.83. The Bertz CT molecular complexity index is 788. The van der Waals surface area contributed by atoms with E-state index in [1.807, 2.05) is 0 Å². The summed E-state index contributed by atoms with van der Waals surface area (Å²) in [5, 5.41) is 2.97. The third kappa shape index (κ3) is 4.83. The first-order valence-corrected chi connectivity index (χ1v) is 9.23. The lowest BCUT2D eigenvalue weighted by atomic mass is 10.1. The summed E-state index contributed by atoms with van der Waals surface area (Å²) in [7, 11) is -3.86. The van der Waals surface area contributed by atoms with Crippen molar-refractivity contribution in [3.63, 3.8) is 0 Å². The van der Waals surface area contributed by atoms with E-state index in [1.54, 1.807) is 32.0 Å². The van der Waals surface area contributed by atoms with Crippen molar-refractivity contribution in [3.05, 3.63) is 53.4 Å². The van der Waals surface area contributed by atoms with Crippen molar-refractivity contribution in [1.82, 2.24) is 10.0 Å². The van der Waals surface area contributed by atoms with E-state index in [0.717, 1.165) is 0 Å². The molecule has 1 heterocycles. The van der Waals surface area contributed by atoms with E-state index < -0.39 is 22.0 Å². The van der Waals surface area contributed by atoms with Crippen molar-refractivity contribution in [1.29, 1.82) is 0 Å². The largest absolute Gasteiger partial charge is 0.467 e. The smallest absolute Gasteiger partial charge is 0.241 e. The molecule has 2 rings (SSSR count). The van der Waals surface area contributed by atoms with Gasteiger partial charge >= 0.3 is 0 Å². The third-order valence-electron chi connectivity index (χ3n) is 3.35. The summed E-state index contributed by atoms with van der Waals surface area (Å²) in [6.45, 7) is 3.71. The number of hydrogen-bond acceptors (Lipinski definition) is 4. The van der Waals surface area contributed by atoms with Gasteiger partial charge in [0.1, 0.15) is 11.8 Å². The van der Waals surface area contributed by atoms with Gasteiger partial charge in [-0.05, 0) is 36.2 Å². The van der Waals surface area contributed by atoms with Gasteiger partial charge in [0.25, 0.3) is 0 Å². The number of halogens is 1. The van der Waals surface area contributed by atoms with Crippen LogP contribution in [-0.2, 0) is 21.4 Å². The second-order valence-electron chi connectivity index (χ2n) is 5.60. The molecule has 24 heavy (non-hydrogen) atoms. The van der Waals surface area contributed by atoms with Crippen LogP contribution in [0.3, 0.4) is 0 Å². The Morgan fingerprint density at radius 2 is 2.00 bits per heavy atom. The van der Waals surface area contributed by atoms with E-state index in [1.165, 1.54) is 24.5 Å². The van der Waals surface area contributed by atoms with Gasteiger partial charge in [-0.3, -0.25) is 4.79 Å². The molecule has 130 valence electrons. The van der Waals surface area contributed by atoms with Gasteiger partial charge in [0, 0.05) is 5.02 Å². The number of carbonyl (C=O) groups excluding carboxylic acids is 1. The summed E-state index contributed by atoms with van der Waals surface area (Å²) < 4.78 is 32.5. The summed E-state index contributed by atoms with van der Waals surface area (Å²) in [5.74, 6) is -0.0777. The van der Waals surface area contributed by atoms with Crippen molar-refractivity contribution in [2.24, 2.45) is 5.92 Å². The van der Waals surface area contributed by atoms with Gasteiger partial charge in [0.2, 0.25) is 15.9 Å². The molecule has 2 aromatic rings. The number of sulfonamides is 1. The van der Waals surface area contributed by atoms with Crippen LogP contribution < -0.4 is 10.0 Å². The summed E-state index contributed by atoms with van der Waals surface area (Å²) in [6.07, 6.45) is 1.50. The Morgan fingerprint density at radius 1 is 1.25 bits per heavy atom. The molecule has 0 fully saturated rings. The molecule has 0 spiro atoms. The number of nitrogens with one attached hydrogen (secondary N) is 2. The predicted octanol–water partition coefficient (Wildman–Crippen LogP) is 2.55. The van der Waals surface area contributed by atoms with Gasteiger partial charge in [-0.15, -0.1) is 0 Å². The zero-order valence-electron chi connectivity index (χ0n) is 13.3. The molecule has 1 unspecified atom stereocenters.